The lowest BCUT2D eigenvalue weighted by atomic mass is 10.2. The Bertz CT molecular complexity index is 681. The molecule has 0 atom stereocenters. The zero-order valence-corrected chi connectivity index (χ0v) is 12.5. The van der Waals surface area contributed by atoms with E-state index >= 15 is 0 Å². The van der Waals surface area contributed by atoms with E-state index in [9.17, 15) is 8.78 Å². The van der Waals surface area contributed by atoms with Crippen LogP contribution in [0.4, 0.5) is 20.2 Å². The van der Waals surface area contributed by atoms with E-state index in [1.165, 1.54) is 30.3 Å². The Morgan fingerprint density at radius 1 is 1.05 bits per heavy atom. The van der Waals surface area contributed by atoms with Crippen molar-refractivity contribution < 1.29 is 8.78 Å². The zero-order chi connectivity index (χ0) is 14.0. The van der Waals surface area contributed by atoms with Gasteiger partial charge in [-0.25, -0.2) is 8.78 Å². The minimum absolute atomic E-state index is 0.0956. The SMILES string of the molecule is N#Cc1ccc(Nc2ccc(F)cc2Br)c(F)c1Br. The third-order valence-electron chi connectivity index (χ3n) is 2.40. The topological polar surface area (TPSA) is 35.8 Å². The van der Waals surface area contributed by atoms with Crippen LogP contribution in [-0.2, 0) is 0 Å². The fourth-order valence-electron chi connectivity index (χ4n) is 1.47. The van der Waals surface area contributed by atoms with Gasteiger partial charge in [0.1, 0.15) is 11.9 Å². The first-order chi connectivity index (χ1) is 9.02. The highest BCUT2D eigenvalue weighted by Crippen LogP contribution is 2.31. The van der Waals surface area contributed by atoms with Crippen LogP contribution in [0.3, 0.4) is 0 Å². The van der Waals surface area contributed by atoms with Gasteiger partial charge in [0.05, 0.1) is 21.4 Å². The summed E-state index contributed by atoms with van der Waals surface area (Å²) in [5.41, 5.74) is 0.927. The Kier molecular flexibility index (Phi) is 4.17. The molecular formula is C13H6Br2F2N2. The molecule has 1 N–H and O–H groups in total. The summed E-state index contributed by atoms with van der Waals surface area (Å²) in [6.07, 6.45) is 0. The standard InChI is InChI=1S/C13H6Br2F2N2/c14-9-5-8(16)2-4-10(9)19-11-3-1-7(6-18)12(15)13(11)17/h1-5,19H. The van der Waals surface area contributed by atoms with Crippen molar-refractivity contribution in [3.63, 3.8) is 0 Å². The number of anilines is 2. The van der Waals surface area contributed by atoms with E-state index in [1.54, 1.807) is 0 Å². The van der Waals surface area contributed by atoms with Gasteiger partial charge in [-0.2, -0.15) is 5.26 Å². The van der Waals surface area contributed by atoms with E-state index in [0.717, 1.165) is 0 Å². The first-order valence-electron chi connectivity index (χ1n) is 5.13. The van der Waals surface area contributed by atoms with Gasteiger partial charge in [0, 0.05) is 4.47 Å². The van der Waals surface area contributed by atoms with Crippen molar-refractivity contribution >= 4 is 43.2 Å². The van der Waals surface area contributed by atoms with Gasteiger partial charge in [-0.05, 0) is 62.2 Å². The molecule has 0 amide bonds. The number of nitriles is 1. The highest BCUT2D eigenvalue weighted by Gasteiger charge is 2.12. The van der Waals surface area contributed by atoms with E-state index in [-0.39, 0.29) is 21.5 Å². The summed E-state index contributed by atoms with van der Waals surface area (Å²) in [5, 5.41) is 11.6. The highest BCUT2D eigenvalue weighted by atomic mass is 79.9. The molecule has 0 unspecified atom stereocenters. The van der Waals surface area contributed by atoms with E-state index in [0.29, 0.717) is 10.2 Å². The van der Waals surface area contributed by atoms with E-state index in [1.807, 2.05) is 6.07 Å². The molecule has 2 aromatic carbocycles. The first kappa shape index (κ1) is 14.0. The summed E-state index contributed by atoms with van der Waals surface area (Å²) < 4.78 is 27.5. The van der Waals surface area contributed by atoms with Crippen LogP contribution in [0.2, 0.25) is 0 Å². The summed E-state index contributed by atoms with van der Waals surface area (Å²) in [5.74, 6) is -0.964. The van der Waals surface area contributed by atoms with Crippen molar-refractivity contribution in [2.24, 2.45) is 0 Å². The molecule has 0 aromatic heterocycles. The van der Waals surface area contributed by atoms with Crippen molar-refractivity contribution in [3.05, 3.63) is 56.5 Å². The number of rotatable bonds is 2. The summed E-state index contributed by atoms with van der Waals surface area (Å²) in [4.78, 5) is 0. The van der Waals surface area contributed by atoms with E-state index in [2.05, 4.69) is 37.2 Å². The molecule has 0 aliphatic heterocycles. The van der Waals surface area contributed by atoms with Crippen molar-refractivity contribution in [2.75, 3.05) is 5.32 Å². The van der Waals surface area contributed by atoms with Crippen LogP contribution in [0.25, 0.3) is 0 Å². The zero-order valence-electron chi connectivity index (χ0n) is 9.35. The molecule has 96 valence electrons. The van der Waals surface area contributed by atoms with Gasteiger partial charge >= 0.3 is 0 Å². The average Bonchev–Trinajstić information content (AvgIpc) is 2.38. The van der Waals surface area contributed by atoms with Gasteiger partial charge in [-0.15, -0.1) is 0 Å². The minimum atomic E-state index is -0.574. The molecule has 0 saturated heterocycles. The molecular weight excluding hydrogens is 382 g/mol. The Morgan fingerprint density at radius 2 is 1.74 bits per heavy atom. The Labute approximate surface area is 125 Å². The van der Waals surface area contributed by atoms with Crippen LogP contribution in [-0.4, -0.2) is 0 Å². The van der Waals surface area contributed by atoms with Gasteiger partial charge in [0.15, 0.2) is 5.82 Å². The van der Waals surface area contributed by atoms with Gasteiger partial charge in [0.25, 0.3) is 0 Å². The fraction of sp³-hybridized carbons (Fsp3) is 0. The second-order valence-electron chi connectivity index (χ2n) is 3.65. The van der Waals surface area contributed by atoms with E-state index in [4.69, 9.17) is 5.26 Å². The first-order valence-corrected chi connectivity index (χ1v) is 6.71. The number of halogens is 4. The summed E-state index contributed by atoms with van der Waals surface area (Å²) >= 11 is 6.21. The molecule has 0 heterocycles. The molecule has 0 fully saturated rings. The molecule has 2 aromatic rings. The average molecular weight is 388 g/mol. The van der Waals surface area contributed by atoms with Crippen LogP contribution in [0.15, 0.2) is 39.3 Å². The maximum absolute atomic E-state index is 14.0. The lowest BCUT2D eigenvalue weighted by Crippen LogP contribution is -1.97. The fourth-order valence-corrected chi connectivity index (χ4v) is 2.35. The Hall–Kier alpha value is -1.45. The quantitative estimate of drug-likeness (QED) is 0.777. The molecule has 0 radical (unpaired) electrons. The van der Waals surface area contributed by atoms with Crippen LogP contribution in [0, 0.1) is 23.0 Å². The van der Waals surface area contributed by atoms with Gasteiger partial charge < -0.3 is 5.32 Å². The second-order valence-corrected chi connectivity index (χ2v) is 5.30. The summed E-state index contributed by atoms with van der Waals surface area (Å²) in [6, 6.07) is 8.85. The Morgan fingerprint density at radius 3 is 2.37 bits per heavy atom. The van der Waals surface area contributed by atoms with Crippen LogP contribution < -0.4 is 5.32 Å². The Balaban J connectivity index is 2.39. The summed E-state index contributed by atoms with van der Waals surface area (Å²) in [6.45, 7) is 0. The highest BCUT2D eigenvalue weighted by molar-refractivity contribution is 9.11. The molecule has 6 heteroatoms. The van der Waals surface area contributed by atoms with Crippen molar-refractivity contribution in [3.8, 4) is 6.07 Å². The number of nitrogens with one attached hydrogen (secondary N) is 1. The smallest absolute Gasteiger partial charge is 0.162 e. The molecule has 0 aliphatic carbocycles. The summed E-state index contributed by atoms with van der Waals surface area (Å²) in [7, 11) is 0. The number of hydrogen-bond acceptors (Lipinski definition) is 2. The third kappa shape index (κ3) is 2.94. The van der Waals surface area contributed by atoms with Crippen molar-refractivity contribution in [1.29, 1.82) is 5.26 Å². The van der Waals surface area contributed by atoms with Gasteiger partial charge in [-0.1, -0.05) is 0 Å². The molecule has 0 spiro atoms. The van der Waals surface area contributed by atoms with Gasteiger partial charge in [0.2, 0.25) is 0 Å². The molecule has 19 heavy (non-hydrogen) atoms. The third-order valence-corrected chi connectivity index (χ3v) is 3.83. The van der Waals surface area contributed by atoms with Crippen LogP contribution in [0.5, 0.6) is 0 Å². The normalized spacial score (nSPS) is 10.1. The maximum Gasteiger partial charge on any atom is 0.162 e. The van der Waals surface area contributed by atoms with Gasteiger partial charge in [-0.3, -0.25) is 0 Å². The van der Waals surface area contributed by atoms with Crippen molar-refractivity contribution in [2.45, 2.75) is 0 Å². The second kappa shape index (κ2) is 5.68. The predicted octanol–water partition coefficient (Wildman–Crippen LogP) is 5.11. The lowest BCUT2D eigenvalue weighted by Gasteiger charge is -2.11. The number of nitrogens with zero attached hydrogens (tertiary/aromatic N) is 1. The minimum Gasteiger partial charge on any atom is -0.352 e. The number of hydrogen-bond donors (Lipinski definition) is 1. The molecule has 2 rings (SSSR count). The molecule has 2 nitrogen and oxygen atoms in total. The largest absolute Gasteiger partial charge is 0.352 e. The molecule has 0 bridgehead atoms. The van der Waals surface area contributed by atoms with Crippen LogP contribution in [0.1, 0.15) is 5.56 Å². The molecule has 0 saturated carbocycles. The number of benzene rings is 2. The van der Waals surface area contributed by atoms with E-state index < -0.39 is 5.82 Å². The lowest BCUT2D eigenvalue weighted by molar-refractivity contribution is 0.624. The monoisotopic (exact) mass is 386 g/mol. The van der Waals surface area contributed by atoms with Crippen LogP contribution >= 0.6 is 31.9 Å². The molecule has 0 aliphatic rings. The van der Waals surface area contributed by atoms with Crippen molar-refractivity contribution in [1.82, 2.24) is 0 Å². The maximum atomic E-state index is 14.0. The predicted molar refractivity (Wildman–Crippen MR) is 76.2 cm³/mol.